The molecule has 0 bridgehead atoms. The van der Waals surface area contributed by atoms with Crippen molar-refractivity contribution in [1.29, 1.82) is 0 Å². The third-order valence-electron chi connectivity index (χ3n) is 2.48. The number of likely N-dealkylation sites (N-methyl/N-ethyl adjacent to an activating group) is 1. The van der Waals surface area contributed by atoms with Gasteiger partial charge in [0.1, 0.15) is 6.26 Å². The van der Waals surface area contributed by atoms with Gasteiger partial charge >= 0.3 is 12.0 Å². The van der Waals surface area contributed by atoms with Crippen LogP contribution in [0.25, 0.3) is 0 Å². The molecule has 0 atom stereocenters. The van der Waals surface area contributed by atoms with Gasteiger partial charge in [-0.2, -0.15) is 4.98 Å². The highest BCUT2D eigenvalue weighted by Gasteiger charge is 2.16. The van der Waals surface area contributed by atoms with Crippen LogP contribution < -0.4 is 5.43 Å². The number of oxazole rings is 1. The Morgan fingerprint density at radius 1 is 1.50 bits per heavy atom. The minimum atomic E-state index is -1.09. The number of anilines is 1. The van der Waals surface area contributed by atoms with Gasteiger partial charge in [-0.25, -0.2) is 9.80 Å². The van der Waals surface area contributed by atoms with Crippen LogP contribution in [0.15, 0.2) is 10.7 Å². The number of rotatable bonds is 3. The molecule has 0 amide bonds. The average Bonchev–Trinajstić information content (AvgIpc) is 2.70. The summed E-state index contributed by atoms with van der Waals surface area (Å²) in [5.74, 6) is -1.09. The van der Waals surface area contributed by atoms with E-state index in [1.807, 2.05) is 5.01 Å². The van der Waals surface area contributed by atoms with Crippen molar-refractivity contribution in [3.8, 4) is 0 Å². The molecule has 0 aromatic carbocycles. The summed E-state index contributed by atoms with van der Waals surface area (Å²) >= 11 is 0. The molecule has 7 heteroatoms. The fraction of sp³-hybridized carbons (Fsp3) is 0.556. The number of hydrogen-bond acceptors (Lipinski definition) is 6. The largest absolute Gasteiger partial charge is 0.476 e. The maximum Gasteiger partial charge on any atom is 0.357 e. The van der Waals surface area contributed by atoms with Crippen molar-refractivity contribution in [1.82, 2.24) is 14.9 Å². The van der Waals surface area contributed by atoms with Gasteiger partial charge in [-0.3, -0.25) is 5.43 Å². The van der Waals surface area contributed by atoms with E-state index in [1.54, 1.807) is 0 Å². The van der Waals surface area contributed by atoms with Crippen LogP contribution in [-0.4, -0.2) is 59.2 Å². The highest BCUT2D eigenvalue weighted by atomic mass is 16.4. The van der Waals surface area contributed by atoms with Gasteiger partial charge in [0.15, 0.2) is 5.69 Å². The number of piperazine rings is 1. The lowest BCUT2D eigenvalue weighted by atomic mass is 10.4. The normalized spacial score (nSPS) is 18.6. The van der Waals surface area contributed by atoms with Gasteiger partial charge in [0.05, 0.1) is 0 Å². The second-order valence-electron chi connectivity index (χ2n) is 3.75. The Bertz CT molecular complexity index is 371. The lowest BCUT2D eigenvalue weighted by molar-refractivity contribution is 0.0690. The van der Waals surface area contributed by atoms with E-state index in [4.69, 9.17) is 9.52 Å². The van der Waals surface area contributed by atoms with Gasteiger partial charge < -0.3 is 14.4 Å². The van der Waals surface area contributed by atoms with Crippen molar-refractivity contribution >= 4 is 12.0 Å². The van der Waals surface area contributed by atoms with E-state index >= 15 is 0 Å². The van der Waals surface area contributed by atoms with Crippen molar-refractivity contribution in [2.24, 2.45) is 0 Å². The molecule has 0 saturated carbocycles. The highest BCUT2D eigenvalue weighted by Crippen LogP contribution is 2.09. The third-order valence-corrected chi connectivity index (χ3v) is 2.48. The number of carboxylic acid groups (broad SMARTS) is 1. The number of aromatic nitrogens is 1. The molecule has 7 nitrogen and oxygen atoms in total. The summed E-state index contributed by atoms with van der Waals surface area (Å²) in [5, 5.41) is 10.6. The molecule has 0 spiro atoms. The molecule has 0 aliphatic carbocycles. The van der Waals surface area contributed by atoms with Gasteiger partial charge in [0, 0.05) is 26.2 Å². The van der Waals surface area contributed by atoms with Crippen molar-refractivity contribution in [2.45, 2.75) is 0 Å². The van der Waals surface area contributed by atoms with Crippen molar-refractivity contribution < 1.29 is 14.3 Å². The smallest absolute Gasteiger partial charge is 0.357 e. The summed E-state index contributed by atoms with van der Waals surface area (Å²) in [6.45, 7) is 3.61. The number of hydrazine groups is 1. The quantitative estimate of drug-likeness (QED) is 0.747. The van der Waals surface area contributed by atoms with Gasteiger partial charge in [-0.1, -0.05) is 0 Å². The van der Waals surface area contributed by atoms with Crippen molar-refractivity contribution in [2.75, 3.05) is 38.7 Å². The Morgan fingerprint density at radius 3 is 2.75 bits per heavy atom. The van der Waals surface area contributed by atoms with Gasteiger partial charge in [-0.15, -0.1) is 0 Å². The molecule has 2 rings (SSSR count). The second kappa shape index (κ2) is 4.50. The summed E-state index contributed by atoms with van der Waals surface area (Å²) in [4.78, 5) is 16.6. The first kappa shape index (κ1) is 10.9. The fourth-order valence-corrected chi connectivity index (χ4v) is 1.48. The molecule has 1 aromatic heterocycles. The van der Waals surface area contributed by atoms with E-state index in [-0.39, 0.29) is 11.7 Å². The van der Waals surface area contributed by atoms with Crippen LogP contribution >= 0.6 is 0 Å². The zero-order chi connectivity index (χ0) is 11.5. The van der Waals surface area contributed by atoms with E-state index in [0.717, 1.165) is 32.4 Å². The number of nitrogens with one attached hydrogen (secondary N) is 1. The van der Waals surface area contributed by atoms with E-state index in [9.17, 15) is 4.79 Å². The number of carbonyl (C=O) groups is 1. The summed E-state index contributed by atoms with van der Waals surface area (Å²) in [6, 6.07) is 0.224. The maximum atomic E-state index is 10.6. The Hall–Kier alpha value is -1.60. The Labute approximate surface area is 92.6 Å². The predicted molar refractivity (Wildman–Crippen MR) is 56.2 cm³/mol. The lowest BCUT2D eigenvalue weighted by Crippen LogP contribution is -2.47. The van der Waals surface area contributed by atoms with Crippen molar-refractivity contribution in [3.63, 3.8) is 0 Å². The molecule has 2 N–H and O–H groups in total. The minimum Gasteiger partial charge on any atom is -0.476 e. The molecule has 2 heterocycles. The zero-order valence-electron chi connectivity index (χ0n) is 9.01. The SMILES string of the molecule is CN1CCN(Nc2nc(C(=O)O)co2)CC1. The Morgan fingerprint density at radius 2 is 2.19 bits per heavy atom. The van der Waals surface area contributed by atoms with Crippen LogP contribution in [0, 0.1) is 0 Å². The Kier molecular flexibility index (Phi) is 3.07. The second-order valence-corrected chi connectivity index (χ2v) is 3.75. The number of nitrogens with zero attached hydrogens (tertiary/aromatic N) is 3. The van der Waals surface area contributed by atoms with Crippen LogP contribution in [-0.2, 0) is 0 Å². The summed E-state index contributed by atoms with van der Waals surface area (Å²) < 4.78 is 5.00. The van der Waals surface area contributed by atoms with Gasteiger partial charge in [0.25, 0.3) is 0 Å². The molecule has 0 radical (unpaired) electrons. The molecule has 1 aliphatic heterocycles. The van der Waals surface area contributed by atoms with E-state index in [0.29, 0.717) is 0 Å². The highest BCUT2D eigenvalue weighted by molar-refractivity contribution is 5.85. The first-order chi connectivity index (χ1) is 7.65. The topological polar surface area (TPSA) is 81.8 Å². The van der Waals surface area contributed by atoms with Crippen LogP contribution in [0.3, 0.4) is 0 Å². The van der Waals surface area contributed by atoms with Crippen LogP contribution in [0.2, 0.25) is 0 Å². The molecule has 88 valence electrons. The standard InChI is InChI=1S/C9H14N4O3/c1-12-2-4-13(5-3-12)11-9-10-7(6-16-9)8(14)15/h6H,2-5H2,1H3,(H,10,11)(H,14,15). The van der Waals surface area contributed by atoms with Crippen LogP contribution in [0.4, 0.5) is 6.01 Å². The first-order valence-electron chi connectivity index (χ1n) is 5.04. The molecule has 0 unspecified atom stereocenters. The fourth-order valence-electron chi connectivity index (χ4n) is 1.48. The molecule has 1 fully saturated rings. The molecular weight excluding hydrogens is 212 g/mol. The molecule has 1 aromatic rings. The minimum absolute atomic E-state index is 0.0865. The predicted octanol–water partition coefficient (Wildman–Crippen LogP) is -0.0529. The zero-order valence-corrected chi connectivity index (χ0v) is 9.01. The summed E-state index contributed by atoms with van der Waals surface area (Å²) in [6.07, 6.45) is 1.13. The van der Waals surface area contributed by atoms with Crippen molar-refractivity contribution in [3.05, 3.63) is 12.0 Å². The molecule has 1 saturated heterocycles. The monoisotopic (exact) mass is 226 g/mol. The Balaban J connectivity index is 1.91. The maximum absolute atomic E-state index is 10.6. The molecule has 16 heavy (non-hydrogen) atoms. The third kappa shape index (κ3) is 2.50. The first-order valence-corrected chi connectivity index (χ1v) is 5.04. The lowest BCUT2D eigenvalue weighted by Gasteiger charge is -2.31. The molecular formula is C9H14N4O3. The van der Waals surface area contributed by atoms with Gasteiger partial charge in [-0.05, 0) is 7.05 Å². The summed E-state index contributed by atoms with van der Waals surface area (Å²) in [7, 11) is 2.06. The van der Waals surface area contributed by atoms with E-state index < -0.39 is 5.97 Å². The van der Waals surface area contributed by atoms with Crippen LogP contribution in [0.5, 0.6) is 0 Å². The van der Waals surface area contributed by atoms with Crippen LogP contribution in [0.1, 0.15) is 10.5 Å². The van der Waals surface area contributed by atoms with E-state index in [2.05, 4.69) is 22.4 Å². The molecule has 1 aliphatic rings. The van der Waals surface area contributed by atoms with Gasteiger partial charge in [0.2, 0.25) is 0 Å². The average molecular weight is 226 g/mol. The number of aromatic carboxylic acids is 1. The summed E-state index contributed by atoms with van der Waals surface area (Å²) in [5.41, 5.74) is 2.86. The number of hydrogen-bond donors (Lipinski definition) is 2. The van der Waals surface area contributed by atoms with E-state index in [1.165, 1.54) is 0 Å². The number of carboxylic acids is 1.